The third-order valence-corrected chi connectivity index (χ3v) is 2.50. The standard InChI is InChI=1S/C10H12N2O4/c13-8-3-7(5-12-8)11-4-6-1-2-16-9(6)10(14)15/h1-2,7,11H,3-5H2,(H,12,13)(H,14,15). The number of carbonyl (C=O) groups excluding carboxylic acids is 1. The highest BCUT2D eigenvalue weighted by atomic mass is 16.4. The molecule has 1 aliphatic rings. The smallest absolute Gasteiger partial charge is 0.372 e. The summed E-state index contributed by atoms with van der Waals surface area (Å²) in [5.74, 6) is -1.12. The van der Waals surface area contributed by atoms with E-state index in [4.69, 9.17) is 9.52 Å². The quantitative estimate of drug-likeness (QED) is 0.667. The molecule has 0 aliphatic carbocycles. The van der Waals surface area contributed by atoms with Crippen LogP contribution < -0.4 is 10.6 Å². The van der Waals surface area contributed by atoms with Crippen molar-refractivity contribution in [2.45, 2.75) is 19.0 Å². The summed E-state index contributed by atoms with van der Waals surface area (Å²) in [5, 5.41) is 14.6. The summed E-state index contributed by atoms with van der Waals surface area (Å²) in [5.41, 5.74) is 0.590. The molecule has 0 bridgehead atoms. The van der Waals surface area contributed by atoms with E-state index in [-0.39, 0.29) is 17.7 Å². The molecule has 1 aromatic heterocycles. The second-order valence-electron chi connectivity index (χ2n) is 3.67. The summed E-state index contributed by atoms with van der Waals surface area (Å²) in [7, 11) is 0. The van der Waals surface area contributed by atoms with Crippen molar-refractivity contribution in [1.29, 1.82) is 0 Å². The highest BCUT2D eigenvalue weighted by Crippen LogP contribution is 2.11. The molecule has 0 aromatic carbocycles. The van der Waals surface area contributed by atoms with Crippen molar-refractivity contribution in [3.63, 3.8) is 0 Å². The van der Waals surface area contributed by atoms with Gasteiger partial charge in [0.25, 0.3) is 0 Å². The van der Waals surface area contributed by atoms with Crippen molar-refractivity contribution in [2.75, 3.05) is 6.54 Å². The van der Waals surface area contributed by atoms with E-state index < -0.39 is 5.97 Å². The van der Waals surface area contributed by atoms with Gasteiger partial charge in [-0.2, -0.15) is 0 Å². The van der Waals surface area contributed by atoms with Crippen LogP contribution in [0.2, 0.25) is 0 Å². The minimum atomic E-state index is -1.08. The molecule has 1 aliphatic heterocycles. The van der Waals surface area contributed by atoms with Crippen molar-refractivity contribution in [3.8, 4) is 0 Å². The molecule has 6 nitrogen and oxygen atoms in total. The van der Waals surface area contributed by atoms with Gasteiger partial charge in [-0.25, -0.2) is 4.79 Å². The maximum atomic E-state index is 10.9. The maximum Gasteiger partial charge on any atom is 0.372 e. The van der Waals surface area contributed by atoms with Gasteiger partial charge in [0, 0.05) is 31.1 Å². The Morgan fingerprint density at radius 1 is 1.69 bits per heavy atom. The first-order chi connectivity index (χ1) is 7.66. The fraction of sp³-hybridized carbons (Fsp3) is 0.400. The lowest BCUT2D eigenvalue weighted by Crippen LogP contribution is -2.30. The van der Waals surface area contributed by atoms with Crippen molar-refractivity contribution >= 4 is 11.9 Å². The fourth-order valence-electron chi connectivity index (χ4n) is 1.67. The Morgan fingerprint density at radius 2 is 2.50 bits per heavy atom. The first-order valence-corrected chi connectivity index (χ1v) is 4.96. The van der Waals surface area contributed by atoms with E-state index in [1.807, 2.05) is 0 Å². The summed E-state index contributed by atoms with van der Waals surface area (Å²) in [4.78, 5) is 21.7. The average Bonchev–Trinajstić information content (AvgIpc) is 2.83. The van der Waals surface area contributed by atoms with Crippen LogP contribution in [0.4, 0.5) is 0 Å². The van der Waals surface area contributed by atoms with Gasteiger partial charge < -0.3 is 20.2 Å². The number of hydrogen-bond acceptors (Lipinski definition) is 4. The van der Waals surface area contributed by atoms with Crippen LogP contribution in [0.3, 0.4) is 0 Å². The third-order valence-electron chi connectivity index (χ3n) is 2.50. The van der Waals surface area contributed by atoms with Gasteiger partial charge in [0.05, 0.1) is 6.26 Å². The molecule has 1 unspecified atom stereocenters. The second-order valence-corrected chi connectivity index (χ2v) is 3.67. The van der Waals surface area contributed by atoms with Crippen molar-refractivity contribution in [3.05, 3.63) is 23.7 Å². The van der Waals surface area contributed by atoms with Crippen LogP contribution in [0.25, 0.3) is 0 Å². The van der Waals surface area contributed by atoms with E-state index in [0.29, 0.717) is 25.1 Å². The predicted molar refractivity (Wildman–Crippen MR) is 53.9 cm³/mol. The number of carboxylic acid groups (broad SMARTS) is 1. The van der Waals surface area contributed by atoms with Gasteiger partial charge in [0.1, 0.15) is 0 Å². The number of furan rings is 1. The first-order valence-electron chi connectivity index (χ1n) is 4.96. The Morgan fingerprint density at radius 3 is 3.12 bits per heavy atom. The van der Waals surface area contributed by atoms with Crippen LogP contribution in [-0.2, 0) is 11.3 Å². The fourth-order valence-corrected chi connectivity index (χ4v) is 1.67. The number of carboxylic acids is 1. The number of hydrogen-bond donors (Lipinski definition) is 3. The summed E-state index contributed by atoms with van der Waals surface area (Å²) in [6.45, 7) is 0.969. The summed E-state index contributed by atoms with van der Waals surface area (Å²) in [6, 6.07) is 1.67. The molecule has 1 fully saturated rings. The Hall–Kier alpha value is -1.82. The van der Waals surface area contributed by atoms with Gasteiger partial charge in [-0.05, 0) is 6.07 Å². The second kappa shape index (κ2) is 4.36. The Balaban J connectivity index is 1.92. The van der Waals surface area contributed by atoms with Gasteiger partial charge >= 0.3 is 5.97 Å². The molecule has 1 aromatic rings. The summed E-state index contributed by atoms with van der Waals surface area (Å²) < 4.78 is 4.84. The molecular formula is C10H12N2O4. The highest BCUT2D eigenvalue weighted by Gasteiger charge is 2.21. The lowest BCUT2D eigenvalue weighted by atomic mass is 10.2. The van der Waals surface area contributed by atoms with Crippen LogP contribution >= 0.6 is 0 Å². The third kappa shape index (κ3) is 2.22. The lowest BCUT2D eigenvalue weighted by molar-refractivity contribution is -0.119. The average molecular weight is 224 g/mol. The molecular weight excluding hydrogens is 212 g/mol. The number of nitrogens with one attached hydrogen (secondary N) is 2. The molecule has 16 heavy (non-hydrogen) atoms. The number of amides is 1. The lowest BCUT2D eigenvalue weighted by Gasteiger charge is -2.08. The maximum absolute atomic E-state index is 10.9. The molecule has 1 amide bonds. The minimum absolute atomic E-state index is 0.0168. The molecule has 0 radical (unpaired) electrons. The molecule has 3 N–H and O–H groups in total. The van der Waals surface area contributed by atoms with Gasteiger partial charge in [-0.3, -0.25) is 4.79 Å². The molecule has 0 saturated carbocycles. The van der Waals surface area contributed by atoms with E-state index in [0.717, 1.165) is 0 Å². The van der Waals surface area contributed by atoms with Crippen LogP contribution in [0, 0.1) is 0 Å². The topological polar surface area (TPSA) is 91.6 Å². The van der Waals surface area contributed by atoms with Crippen molar-refractivity contribution < 1.29 is 19.1 Å². The zero-order chi connectivity index (χ0) is 11.5. The molecule has 0 spiro atoms. The highest BCUT2D eigenvalue weighted by molar-refractivity contribution is 5.86. The Kier molecular flexibility index (Phi) is 2.91. The SMILES string of the molecule is O=C1CC(NCc2ccoc2C(=O)O)CN1. The van der Waals surface area contributed by atoms with E-state index in [9.17, 15) is 9.59 Å². The normalized spacial score (nSPS) is 19.8. The van der Waals surface area contributed by atoms with Crippen LogP contribution in [0.1, 0.15) is 22.5 Å². The zero-order valence-corrected chi connectivity index (χ0v) is 8.53. The molecule has 1 saturated heterocycles. The van der Waals surface area contributed by atoms with Gasteiger partial charge in [0.2, 0.25) is 11.7 Å². The number of aromatic carboxylic acids is 1. The van der Waals surface area contributed by atoms with Gasteiger partial charge in [0.15, 0.2) is 0 Å². The van der Waals surface area contributed by atoms with E-state index in [2.05, 4.69) is 10.6 Å². The Labute approximate surface area is 91.6 Å². The molecule has 6 heteroatoms. The van der Waals surface area contributed by atoms with Crippen molar-refractivity contribution in [2.24, 2.45) is 0 Å². The Bertz CT molecular complexity index is 413. The minimum Gasteiger partial charge on any atom is -0.475 e. The van der Waals surface area contributed by atoms with Crippen molar-refractivity contribution in [1.82, 2.24) is 10.6 Å². The molecule has 2 heterocycles. The van der Waals surface area contributed by atoms with Crippen LogP contribution in [0.5, 0.6) is 0 Å². The number of carbonyl (C=O) groups is 2. The summed E-state index contributed by atoms with van der Waals surface area (Å²) >= 11 is 0. The zero-order valence-electron chi connectivity index (χ0n) is 8.53. The van der Waals surface area contributed by atoms with E-state index in [1.165, 1.54) is 6.26 Å². The van der Waals surface area contributed by atoms with Crippen LogP contribution in [-0.4, -0.2) is 29.6 Å². The predicted octanol–water partition coefficient (Wildman–Crippen LogP) is -0.0441. The first kappa shape index (κ1) is 10.7. The number of rotatable bonds is 4. The van der Waals surface area contributed by atoms with E-state index in [1.54, 1.807) is 6.07 Å². The largest absolute Gasteiger partial charge is 0.475 e. The van der Waals surface area contributed by atoms with E-state index >= 15 is 0 Å². The molecule has 86 valence electrons. The molecule has 1 atom stereocenters. The van der Waals surface area contributed by atoms with Crippen LogP contribution in [0.15, 0.2) is 16.7 Å². The monoisotopic (exact) mass is 224 g/mol. The van der Waals surface area contributed by atoms with Gasteiger partial charge in [-0.15, -0.1) is 0 Å². The summed E-state index contributed by atoms with van der Waals surface area (Å²) in [6.07, 6.45) is 1.78. The van der Waals surface area contributed by atoms with Gasteiger partial charge in [-0.1, -0.05) is 0 Å². The molecule has 2 rings (SSSR count).